The minimum Gasteiger partial charge on any atom is -1.00 e. The molecule has 5 heterocycles. The summed E-state index contributed by atoms with van der Waals surface area (Å²) in [6.07, 6.45) is 5.33. The summed E-state index contributed by atoms with van der Waals surface area (Å²) in [4.78, 5) is 8.75. The fraction of sp³-hybridized carbons (Fsp3) is 0.407. The molecule has 1 unspecified atom stereocenters. The highest BCUT2D eigenvalue weighted by Gasteiger charge is 2.54. The van der Waals surface area contributed by atoms with Gasteiger partial charge in [0.2, 0.25) is 5.88 Å². The first kappa shape index (κ1) is 25.7. The average molecular weight is 516 g/mol. The van der Waals surface area contributed by atoms with Crippen LogP contribution in [-0.4, -0.2) is 52.9 Å². The molecule has 3 aliphatic rings. The van der Waals surface area contributed by atoms with Gasteiger partial charge in [-0.2, -0.15) is 0 Å². The molecular formula is C27H31Cl2N3O3. The summed E-state index contributed by atoms with van der Waals surface area (Å²) in [5.74, 6) is 2.24. The van der Waals surface area contributed by atoms with Crippen LogP contribution in [0.1, 0.15) is 30.1 Å². The summed E-state index contributed by atoms with van der Waals surface area (Å²) in [6, 6.07) is 11.7. The summed E-state index contributed by atoms with van der Waals surface area (Å²) < 4.78 is 11.6. The van der Waals surface area contributed by atoms with Crippen LogP contribution in [0.4, 0.5) is 0 Å². The Kier molecular flexibility index (Phi) is 7.57. The Bertz CT molecular complexity index is 1220. The highest BCUT2D eigenvalue weighted by molar-refractivity contribution is 6.29. The number of fused-ring (bicyclic) bond motifs is 4. The quantitative estimate of drug-likeness (QED) is 0.296. The van der Waals surface area contributed by atoms with Gasteiger partial charge in [0.1, 0.15) is 29.6 Å². The van der Waals surface area contributed by atoms with Crippen LogP contribution < -0.4 is 21.9 Å². The van der Waals surface area contributed by atoms with Crippen molar-refractivity contribution in [1.82, 2.24) is 9.97 Å². The van der Waals surface area contributed by atoms with Crippen molar-refractivity contribution in [3.63, 3.8) is 0 Å². The molecular weight excluding hydrogens is 485 g/mol. The van der Waals surface area contributed by atoms with Gasteiger partial charge in [-0.15, -0.1) is 6.58 Å². The number of nitrogens with zero attached hydrogens (tertiary/aromatic N) is 3. The number of aromatic nitrogens is 2. The molecule has 0 saturated carbocycles. The monoisotopic (exact) mass is 515 g/mol. The summed E-state index contributed by atoms with van der Waals surface area (Å²) in [5, 5.41) is 13.3. The molecule has 0 radical (unpaired) electrons. The van der Waals surface area contributed by atoms with Gasteiger partial charge in [-0.3, -0.25) is 4.98 Å². The van der Waals surface area contributed by atoms with E-state index in [4.69, 9.17) is 21.1 Å². The molecule has 3 saturated heterocycles. The molecule has 6 nitrogen and oxygen atoms in total. The second-order valence-electron chi connectivity index (χ2n) is 9.60. The number of halogens is 2. The zero-order valence-electron chi connectivity index (χ0n) is 20.0. The maximum absolute atomic E-state index is 11.9. The molecule has 0 aliphatic carbocycles. The van der Waals surface area contributed by atoms with Crippen LogP contribution in [-0.2, 0) is 6.54 Å². The summed E-state index contributed by atoms with van der Waals surface area (Å²) in [6.45, 7) is 6.83. The van der Waals surface area contributed by atoms with Crippen molar-refractivity contribution in [1.29, 1.82) is 0 Å². The second-order valence-corrected chi connectivity index (χ2v) is 9.99. The second kappa shape index (κ2) is 10.3. The first-order valence-corrected chi connectivity index (χ1v) is 12.1. The molecule has 3 fully saturated rings. The summed E-state index contributed by atoms with van der Waals surface area (Å²) >= 11 is 6.31. The average Bonchev–Trinajstić information content (AvgIpc) is 2.87. The van der Waals surface area contributed by atoms with Gasteiger partial charge in [0.05, 0.1) is 32.8 Å². The van der Waals surface area contributed by atoms with E-state index < -0.39 is 6.10 Å². The van der Waals surface area contributed by atoms with Gasteiger partial charge in [-0.1, -0.05) is 17.7 Å². The third kappa shape index (κ3) is 4.73. The minimum atomic E-state index is -0.634. The Morgan fingerprint density at radius 1 is 1.23 bits per heavy atom. The molecule has 6 rings (SSSR count). The zero-order chi connectivity index (χ0) is 23.9. The molecule has 0 amide bonds. The van der Waals surface area contributed by atoms with Crippen molar-refractivity contribution >= 4 is 22.5 Å². The maximum Gasteiger partial charge on any atom is 0.214 e. The van der Waals surface area contributed by atoms with Crippen LogP contribution in [0.3, 0.4) is 0 Å². The predicted octanol–water partition coefficient (Wildman–Crippen LogP) is 1.95. The van der Waals surface area contributed by atoms with Gasteiger partial charge >= 0.3 is 0 Å². The van der Waals surface area contributed by atoms with Gasteiger partial charge in [0.25, 0.3) is 0 Å². The zero-order valence-corrected chi connectivity index (χ0v) is 21.5. The van der Waals surface area contributed by atoms with Gasteiger partial charge < -0.3 is 31.5 Å². The number of pyridine rings is 2. The Labute approximate surface area is 217 Å². The first-order valence-electron chi connectivity index (χ1n) is 11.8. The Morgan fingerprint density at radius 3 is 2.80 bits per heavy atom. The SMILES string of the molecule is C=C[C@H]1C[N+]2(Cc3cc(Cl)nc(OC)c3)CC[C@@H]1C[C@H]2[C@H](O)c1ccnc2ccc(OC)cc12.[Cl-]. The van der Waals surface area contributed by atoms with E-state index >= 15 is 0 Å². The lowest BCUT2D eigenvalue weighted by atomic mass is 9.71. The topological polar surface area (TPSA) is 64.5 Å². The summed E-state index contributed by atoms with van der Waals surface area (Å²) in [7, 11) is 3.26. The molecule has 1 aromatic carbocycles. The van der Waals surface area contributed by atoms with Crippen molar-refractivity contribution in [3.05, 3.63) is 71.5 Å². The fourth-order valence-electron chi connectivity index (χ4n) is 6.20. The van der Waals surface area contributed by atoms with Gasteiger partial charge in [-0.25, -0.2) is 4.98 Å². The third-order valence-corrected chi connectivity index (χ3v) is 8.07. The molecule has 8 heteroatoms. The van der Waals surface area contributed by atoms with E-state index in [-0.39, 0.29) is 18.4 Å². The van der Waals surface area contributed by atoms with Crippen LogP contribution in [0.5, 0.6) is 11.6 Å². The molecule has 2 aromatic heterocycles. The molecule has 2 bridgehead atoms. The number of rotatable bonds is 7. The maximum atomic E-state index is 11.9. The lowest BCUT2D eigenvalue weighted by molar-refractivity contribution is -0.984. The molecule has 1 N–H and O–H groups in total. The van der Waals surface area contributed by atoms with E-state index in [0.717, 1.165) is 64.7 Å². The standard InChI is InChI=1S/C27H31ClN3O3.ClH/c1-4-18-16-31(15-17-11-25(28)30-26(12-17)34-3)10-8-19(18)13-24(31)27(32)21-7-9-29-23-6-5-20(33-2)14-22(21)23;/h4-7,9,11-12,14,18-19,24,27,32H,1,8,10,13,15-16H2,2-3H3;1H/q+1;/p-1/t18-,19+,24-,27+,31?;/m0./s1. The number of aliphatic hydroxyl groups excluding tert-OH is 1. The van der Waals surface area contributed by atoms with E-state index in [2.05, 4.69) is 22.6 Å². The number of quaternary nitrogens is 1. The van der Waals surface area contributed by atoms with Crippen molar-refractivity contribution in [2.75, 3.05) is 27.3 Å². The van der Waals surface area contributed by atoms with Crippen LogP contribution in [0.25, 0.3) is 10.9 Å². The largest absolute Gasteiger partial charge is 1.00 e. The van der Waals surface area contributed by atoms with Crippen LogP contribution in [0.2, 0.25) is 5.15 Å². The number of hydrogen-bond donors (Lipinski definition) is 1. The van der Waals surface area contributed by atoms with E-state index in [1.807, 2.05) is 36.4 Å². The first-order chi connectivity index (χ1) is 16.5. The number of piperidine rings is 3. The number of benzene rings is 1. The van der Waals surface area contributed by atoms with E-state index in [9.17, 15) is 5.11 Å². The number of aliphatic hydroxyl groups is 1. The van der Waals surface area contributed by atoms with E-state index in [0.29, 0.717) is 22.9 Å². The Hall–Kier alpha value is -2.38. The van der Waals surface area contributed by atoms with Gasteiger partial charge in [0, 0.05) is 42.0 Å². The highest BCUT2D eigenvalue weighted by Crippen LogP contribution is 2.48. The molecule has 186 valence electrons. The molecule has 35 heavy (non-hydrogen) atoms. The number of methoxy groups -OCH3 is 2. The smallest absolute Gasteiger partial charge is 0.214 e. The number of hydrogen-bond acceptors (Lipinski definition) is 5. The molecule has 3 aliphatic heterocycles. The minimum absolute atomic E-state index is 0. The van der Waals surface area contributed by atoms with Crippen LogP contribution >= 0.6 is 11.6 Å². The predicted molar refractivity (Wildman–Crippen MR) is 133 cm³/mol. The highest BCUT2D eigenvalue weighted by atomic mass is 35.5. The molecule has 5 atom stereocenters. The van der Waals surface area contributed by atoms with Crippen molar-refractivity contribution in [3.8, 4) is 11.6 Å². The van der Waals surface area contributed by atoms with Crippen molar-refractivity contribution in [2.24, 2.45) is 11.8 Å². The molecule has 3 aromatic rings. The Morgan fingerprint density at radius 2 is 2.06 bits per heavy atom. The fourth-order valence-corrected chi connectivity index (χ4v) is 6.43. The van der Waals surface area contributed by atoms with E-state index in [1.165, 1.54) is 0 Å². The van der Waals surface area contributed by atoms with Gasteiger partial charge in [0.15, 0.2) is 0 Å². The van der Waals surface area contributed by atoms with Crippen molar-refractivity contribution < 1.29 is 31.5 Å². The normalized spacial score (nSPS) is 26.1. The van der Waals surface area contributed by atoms with Crippen LogP contribution in [0.15, 0.2) is 55.3 Å². The number of ether oxygens (including phenoxy) is 2. The van der Waals surface area contributed by atoms with Crippen molar-refractivity contribution in [2.45, 2.75) is 31.5 Å². The Balaban J connectivity index is 0.00000289. The molecule has 0 spiro atoms. The van der Waals surface area contributed by atoms with E-state index in [1.54, 1.807) is 20.4 Å². The van der Waals surface area contributed by atoms with Gasteiger partial charge in [-0.05, 0) is 41.8 Å². The summed E-state index contributed by atoms with van der Waals surface area (Å²) in [5.41, 5.74) is 2.83. The van der Waals surface area contributed by atoms with Crippen LogP contribution in [0, 0.1) is 11.8 Å². The lowest BCUT2D eigenvalue weighted by Crippen LogP contribution is -3.00. The third-order valence-electron chi connectivity index (χ3n) is 7.88. The lowest BCUT2D eigenvalue weighted by Gasteiger charge is -2.58.